The molecule has 10 heteroatoms. The predicted molar refractivity (Wildman–Crippen MR) is 131 cm³/mol. The van der Waals surface area contributed by atoms with Gasteiger partial charge in [0.05, 0.1) is 24.2 Å². The lowest BCUT2D eigenvalue weighted by Gasteiger charge is -2.39. The van der Waals surface area contributed by atoms with Gasteiger partial charge in [0.2, 0.25) is 5.95 Å². The zero-order valence-electron chi connectivity index (χ0n) is 19.6. The van der Waals surface area contributed by atoms with Gasteiger partial charge in [-0.15, -0.1) is 0 Å². The van der Waals surface area contributed by atoms with Crippen molar-refractivity contribution in [3.8, 4) is 22.6 Å². The molecule has 36 heavy (non-hydrogen) atoms. The van der Waals surface area contributed by atoms with E-state index in [1.165, 1.54) is 0 Å². The van der Waals surface area contributed by atoms with Gasteiger partial charge in [0.1, 0.15) is 5.69 Å². The highest BCUT2D eigenvalue weighted by Gasteiger charge is 2.44. The van der Waals surface area contributed by atoms with Crippen LogP contribution in [0.3, 0.4) is 0 Å². The number of hydrogen-bond acceptors (Lipinski definition) is 9. The van der Waals surface area contributed by atoms with Crippen LogP contribution in [0, 0.1) is 0 Å². The second-order valence-corrected chi connectivity index (χ2v) is 9.10. The molecule has 1 aliphatic heterocycles. The van der Waals surface area contributed by atoms with Crippen molar-refractivity contribution >= 4 is 11.9 Å². The van der Waals surface area contributed by atoms with Gasteiger partial charge in [-0.25, -0.2) is 9.97 Å². The van der Waals surface area contributed by atoms with Crippen LogP contribution in [0.4, 0.5) is 5.95 Å². The molecule has 1 saturated heterocycles. The second kappa shape index (κ2) is 9.12. The number of hydrogen-bond donors (Lipinski definition) is 1. The molecule has 2 fully saturated rings. The molecule has 1 aliphatic carbocycles. The van der Waals surface area contributed by atoms with Crippen LogP contribution >= 0.6 is 0 Å². The number of carbonyl (C=O) groups is 1. The van der Waals surface area contributed by atoms with Crippen LogP contribution in [0.1, 0.15) is 41.1 Å². The Morgan fingerprint density at radius 2 is 1.58 bits per heavy atom. The van der Waals surface area contributed by atoms with Gasteiger partial charge in [-0.2, -0.15) is 4.98 Å². The number of rotatable bonds is 5. The quantitative estimate of drug-likeness (QED) is 0.454. The maximum absolute atomic E-state index is 12.7. The molecular weight excluding hydrogens is 458 g/mol. The highest BCUT2D eigenvalue weighted by Crippen LogP contribution is 2.48. The molecule has 3 aromatic heterocycles. The fraction of sp³-hybridized carbons (Fsp3) is 0.308. The van der Waals surface area contributed by atoms with Crippen LogP contribution in [0.2, 0.25) is 0 Å². The third kappa shape index (κ3) is 3.99. The molecule has 0 unspecified atom stereocenters. The molecule has 10 nitrogen and oxygen atoms in total. The Hall–Kier alpha value is -4.18. The monoisotopic (exact) mass is 483 g/mol. The molecule has 0 atom stereocenters. The number of nitrogen functional groups attached to an aromatic ring is 1. The van der Waals surface area contributed by atoms with Gasteiger partial charge >= 0.3 is 0 Å². The Morgan fingerprint density at radius 1 is 0.889 bits per heavy atom. The Labute approximate surface area is 207 Å². The van der Waals surface area contributed by atoms with E-state index in [1.54, 1.807) is 35.6 Å². The molecule has 182 valence electrons. The van der Waals surface area contributed by atoms with E-state index in [-0.39, 0.29) is 17.3 Å². The summed E-state index contributed by atoms with van der Waals surface area (Å²) >= 11 is 0. The van der Waals surface area contributed by atoms with Crippen LogP contribution in [0.15, 0.2) is 59.5 Å². The van der Waals surface area contributed by atoms with E-state index in [9.17, 15) is 4.79 Å². The van der Waals surface area contributed by atoms with E-state index < -0.39 is 0 Å². The van der Waals surface area contributed by atoms with Gasteiger partial charge in [-0.1, -0.05) is 35.8 Å². The van der Waals surface area contributed by atoms with Crippen LogP contribution in [0.5, 0.6) is 0 Å². The minimum atomic E-state index is -0.280. The normalized spacial score (nSPS) is 16.9. The van der Waals surface area contributed by atoms with E-state index in [0.717, 1.165) is 36.0 Å². The Morgan fingerprint density at radius 3 is 2.22 bits per heavy atom. The lowest BCUT2D eigenvalue weighted by molar-refractivity contribution is 0.0299. The number of nitrogens with zero attached hydrogens (tertiary/aromatic N) is 6. The first kappa shape index (κ1) is 22.3. The molecular formula is C26H25N7O3. The lowest BCUT2D eigenvalue weighted by atomic mass is 9.64. The van der Waals surface area contributed by atoms with Crippen molar-refractivity contribution in [3.05, 3.63) is 72.1 Å². The van der Waals surface area contributed by atoms with Gasteiger partial charge in [0.25, 0.3) is 11.8 Å². The number of benzene rings is 1. The third-order valence-electron chi connectivity index (χ3n) is 7.03. The van der Waals surface area contributed by atoms with Crippen LogP contribution < -0.4 is 5.73 Å². The van der Waals surface area contributed by atoms with Gasteiger partial charge in [-0.05, 0) is 36.1 Å². The molecule has 0 spiro atoms. The molecule has 4 heterocycles. The van der Waals surface area contributed by atoms with Gasteiger partial charge in [0.15, 0.2) is 5.82 Å². The molecule has 2 aliphatic rings. The predicted octanol–water partition coefficient (Wildman–Crippen LogP) is 3.11. The van der Waals surface area contributed by atoms with E-state index in [4.69, 9.17) is 20.0 Å². The van der Waals surface area contributed by atoms with E-state index in [0.29, 0.717) is 49.3 Å². The number of nitrogens with two attached hydrogens (primary N) is 1. The summed E-state index contributed by atoms with van der Waals surface area (Å²) in [7, 11) is 0. The standard InChI is InChI=1S/C26H25N7O3/c27-25-29-15-19(16-30-25)17-2-5-20(6-3-17)26(8-1-9-26)24-31-22(36-32-24)18-4-7-21(28-14-18)23(34)33-10-12-35-13-11-33/h2-7,14-16H,1,8-13H2,(H2,27,29,30). The Bertz CT molecular complexity index is 1360. The smallest absolute Gasteiger partial charge is 0.272 e. The van der Waals surface area contributed by atoms with Crippen LogP contribution in [-0.2, 0) is 10.2 Å². The van der Waals surface area contributed by atoms with Crippen LogP contribution in [0.25, 0.3) is 22.6 Å². The summed E-state index contributed by atoms with van der Waals surface area (Å²) in [6.07, 6.45) is 8.04. The minimum absolute atomic E-state index is 0.0986. The van der Waals surface area contributed by atoms with Gasteiger partial charge in [-0.3, -0.25) is 9.78 Å². The topological polar surface area (TPSA) is 133 Å². The molecule has 2 N–H and O–H groups in total. The molecule has 6 rings (SSSR count). The van der Waals surface area contributed by atoms with Crippen molar-refractivity contribution in [1.82, 2.24) is 30.0 Å². The van der Waals surface area contributed by atoms with Crippen molar-refractivity contribution in [2.24, 2.45) is 0 Å². The molecule has 1 saturated carbocycles. The van der Waals surface area contributed by atoms with Crippen molar-refractivity contribution < 1.29 is 14.1 Å². The first-order valence-corrected chi connectivity index (χ1v) is 12.0. The average Bonchev–Trinajstić information content (AvgIpc) is 3.39. The molecule has 1 amide bonds. The van der Waals surface area contributed by atoms with Crippen LogP contribution in [-0.4, -0.2) is 62.2 Å². The second-order valence-electron chi connectivity index (χ2n) is 9.10. The van der Waals surface area contributed by atoms with E-state index >= 15 is 0 Å². The SMILES string of the molecule is Nc1ncc(-c2ccc(C3(c4noc(-c5ccc(C(=O)N6CCOCC6)nc5)n4)CCC3)cc2)cn1. The summed E-state index contributed by atoms with van der Waals surface area (Å²) in [5.74, 6) is 1.22. The van der Waals surface area contributed by atoms with Crippen molar-refractivity contribution in [2.45, 2.75) is 24.7 Å². The highest BCUT2D eigenvalue weighted by atomic mass is 16.5. The highest BCUT2D eigenvalue weighted by molar-refractivity contribution is 5.92. The number of morpholine rings is 1. The first-order chi connectivity index (χ1) is 17.6. The molecule has 1 aromatic carbocycles. The summed E-state index contributed by atoms with van der Waals surface area (Å²) in [5, 5.41) is 4.35. The number of aromatic nitrogens is 5. The maximum Gasteiger partial charge on any atom is 0.272 e. The number of anilines is 1. The fourth-order valence-electron chi connectivity index (χ4n) is 4.75. The Kier molecular flexibility index (Phi) is 5.65. The molecule has 0 radical (unpaired) electrons. The number of carbonyl (C=O) groups excluding carboxylic acids is 1. The average molecular weight is 484 g/mol. The summed E-state index contributed by atoms with van der Waals surface area (Å²) in [4.78, 5) is 31.7. The van der Waals surface area contributed by atoms with Crippen molar-refractivity contribution in [1.29, 1.82) is 0 Å². The third-order valence-corrected chi connectivity index (χ3v) is 7.03. The summed E-state index contributed by atoms with van der Waals surface area (Å²) < 4.78 is 11.0. The van der Waals surface area contributed by atoms with Crippen molar-refractivity contribution in [3.63, 3.8) is 0 Å². The molecule has 4 aromatic rings. The number of ether oxygens (including phenoxy) is 1. The molecule has 0 bridgehead atoms. The summed E-state index contributed by atoms with van der Waals surface area (Å²) in [6, 6.07) is 11.8. The zero-order chi connectivity index (χ0) is 24.5. The minimum Gasteiger partial charge on any atom is -0.378 e. The maximum atomic E-state index is 12.7. The lowest BCUT2D eigenvalue weighted by Crippen LogP contribution is -2.41. The summed E-state index contributed by atoms with van der Waals surface area (Å²) in [5.41, 5.74) is 9.46. The van der Waals surface area contributed by atoms with Crippen molar-refractivity contribution in [2.75, 3.05) is 32.0 Å². The summed E-state index contributed by atoms with van der Waals surface area (Å²) in [6.45, 7) is 2.25. The largest absolute Gasteiger partial charge is 0.378 e. The first-order valence-electron chi connectivity index (χ1n) is 12.0. The zero-order valence-corrected chi connectivity index (χ0v) is 19.6. The number of pyridine rings is 1. The van der Waals surface area contributed by atoms with Gasteiger partial charge < -0.3 is 19.9 Å². The van der Waals surface area contributed by atoms with Gasteiger partial charge in [0, 0.05) is 37.2 Å². The fourth-order valence-corrected chi connectivity index (χ4v) is 4.75. The van der Waals surface area contributed by atoms with E-state index in [2.05, 4.69) is 44.4 Å². The van der Waals surface area contributed by atoms with E-state index in [1.807, 2.05) is 0 Å². The Balaban J connectivity index is 1.22. The number of amides is 1.